The number of benzene rings is 1. The van der Waals surface area contributed by atoms with Crippen LogP contribution in [0.4, 0.5) is 0 Å². The highest BCUT2D eigenvalue weighted by molar-refractivity contribution is 8.00. The summed E-state index contributed by atoms with van der Waals surface area (Å²) in [6.07, 6.45) is 0. The molecule has 0 bridgehead atoms. The van der Waals surface area contributed by atoms with Crippen LogP contribution in [-0.2, 0) is 9.53 Å². The SMILES string of the molecule is COc1cccc(OC)c1C(=O)N1C(C(=O)OCC(C)C)CSC1C(C)C. The molecule has 2 atom stereocenters. The number of carbonyl (C=O) groups is 2. The fourth-order valence-electron chi connectivity index (χ4n) is 3.02. The van der Waals surface area contributed by atoms with Gasteiger partial charge in [0.25, 0.3) is 5.91 Å². The van der Waals surface area contributed by atoms with Crippen LogP contribution in [0.1, 0.15) is 38.1 Å². The number of rotatable bonds is 7. The quantitative estimate of drug-likeness (QED) is 0.659. The molecule has 7 heteroatoms. The maximum absolute atomic E-state index is 13.5. The molecule has 1 aliphatic heterocycles. The molecular weight excluding hydrogens is 366 g/mol. The summed E-state index contributed by atoms with van der Waals surface area (Å²) in [6.45, 7) is 8.39. The van der Waals surface area contributed by atoms with E-state index < -0.39 is 6.04 Å². The van der Waals surface area contributed by atoms with Crippen LogP contribution in [0.3, 0.4) is 0 Å². The van der Waals surface area contributed by atoms with Crippen LogP contribution in [0, 0.1) is 11.8 Å². The molecule has 0 aromatic heterocycles. The molecule has 0 radical (unpaired) electrons. The lowest BCUT2D eigenvalue weighted by Crippen LogP contribution is -2.48. The molecule has 150 valence electrons. The van der Waals surface area contributed by atoms with Gasteiger partial charge in [-0.05, 0) is 24.0 Å². The van der Waals surface area contributed by atoms with E-state index in [0.29, 0.717) is 29.4 Å². The molecule has 1 aliphatic rings. The summed E-state index contributed by atoms with van der Waals surface area (Å²) in [5, 5.41) is -0.122. The summed E-state index contributed by atoms with van der Waals surface area (Å²) in [5.41, 5.74) is 0.331. The second-order valence-corrected chi connectivity index (χ2v) is 8.41. The number of methoxy groups -OCH3 is 2. The van der Waals surface area contributed by atoms with Crippen LogP contribution < -0.4 is 9.47 Å². The van der Waals surface area contributed by atoms with Gasteiger partial charge >= 0.3 is 5.97 Å². The third-order valence-corrected chi connectivity index (χ3v) is 5.93. The Kier molecular flexibility index (Phi) is 7.41. The predicted octanol–water partition coefficient (Wildman–Crippen LogP) is 3.44. The van der Waals surface area contributed by atoms with Crippen molar-refractivity contribution in [2.75, 3.05) is 26.6 Å². The highest BCUT2D eigenvalue weighted by Crippen LogP contribution is 2.39. The minimum absolute atomic E-state index is 0.122. The average Bonchev–Trinajstić information content (AvgIpc) is 3.10. The van der Waals surface area contributed by atoms with Gasteiger partial charge in [-0.2, -0.15) is 0 Å². The minimum atomic E-state index is -0.622. The number of hydrogen-bond acceptors (Lipinski definition) is 6. The van der Waals surface area contributed by atoms with Gasteiger partial charge in [0.05, 0.1) is 26.2 Å². The van der Waals surface area contributed by atoms with Gasteiger partial charge in [-0.25, -0.2) is 4.79 Å². The summed E-state index contributed by atoms with van der Waals surface area (Å²) in [5.74, 6) is 1.15. The highest BCUT2D eigenvalue weighted by Gasteiger charge is 2.45. The molecule has 6 nitrogen and oxygen atoms in total. The molecule has 2 unspecified atom stereocenters. The summed E-state index contributed by atoms with van der Waals surface area (Å²) in [4.78, 5) is 27.8. The Morgan fingerprint density at radius 1 is 1.15 bits per heavy atom. The molecule has 0 N–H and O–H groups in total. The first kappa shape index (κ1) is 21.4. The third-order valence-electron chi connectivity index (χ3n) is 4.31. The monoisotopic (exact) mass is 395 g/mol. The Labute approximate surface area is 165 Å². The summed E-state index contributed by atoms with van der Waals surface area (Å²) < 4.78 is 16.2. The van der Waals surface area contributed by atoms with E-state index in [0.717, 1.165) is 0 Å². The summed E-state index contributed by atoms with van der Waals surface area (Å²) in [7, 11) is 3.02. The number of thioether (sulfide) groups is 1. The van der Waals surface area contributed by atoms with Crippen LogP contribution in [0.25, 0.3) is 0 Å². The lowest BCUT2D eigenvalue weighted by molar-refractivity contribution is -0.149. The van der Waals surface area contributed by atoms with Crippen molar-refractivity contribution in [2.24, 2.45) is 11.8 Å². The van der Waals surface area contributed by atoms with Crippen molar-refractivity contribution in [2.45, 2.75) is 39.1 Å². The Morgan fingerprint density at radius 2 is 1.74 bits per heavy atom. The molecule has 0 spiro atoms. The predicted molar refractivity (Wildman–Crippen MR) is 106 cm³/mol. The molecule has 1 aromatic rings. The van der Waals surface area contributed by atoms with Gasteiger partial charge in [0.15, 0.2) is 0 Å². The Morgan fingerprint density at radius 3 is 2.22 bits per heavy atom. The first-order valence-electron chi connectivity index (χ1n) is 9.13. The minimum Gasteiger partial charge on any atom is -0.496 e. The number of amides is 1. The first-order valence-corrected chi connectivity index (χ1v) is 10.2. The fraction of sp³-hybridized carbons (Fsp3) is 0.600. The second kappa shape index (κ2) is 9.35. The van der Waals surface area contributed by atoms with E-state index in [1.807, 2.05) is 27.7 Å². The lowest BCUT2D eigenvalue weighted by Gasteiger charge is -2.31. The summed E-state index contributed by atoms with van der Waals surface area (Å²) in [6, 6.07) is 4.58. The standard InChI is InChI=1S/C20H29NO5S/c1-12(2)10-26-20(23)14-11-27-19(13(3)4)21(14)18(22)17-15(24-5)8-7-9-16(17)25-6/h7-9,12-14,19H,10-11H2,1-6H3. The van der Waals surface area contributed by atoms with Crippen LogP contribution >= 0.6 is 11.8 Å². The second-order valence-electron chi connectivity index (χ2n) is 7.26. The molecule has 1 saturated heterocycles. The fourth-order valence-corrected chi connectivity index (χ4v) is 4.48. The molecule has 2 rings (SSSR count). The molecule has 0 aliphatic carbocycles. The van der Waals surface area contributed by atoms with Gasteiger partial charge in [-0.3, -0.25) is 4.79 Å². The van der Waals surface area contributed by atoms with Crippen LogP contribution in [0.5, 0.6) is 11.5 Å². The van der Waals surface area contributed by atoms with Crippen molar-refractivity contribution in [3.63, 3.8) is 0 Å². The van der Waals surface area contributed by atoms with Crippen molar-refractivity contribution in [3.8, 4) is 11.5 Å². The average molecular weight is 396 g/mol. The van der Waals surface area contributed by atoms with Gasteiger partial charge in [0, 0.05) is 5.75 Å². The van der Waals surface area contributed by atoms with Crippen molar-refractivity contribution >= 4 is 23.6 Å². The van der Waals surface area contributed by atoms with Crippen LogP contribution in [0.2, 0.25) is 0 Å². The number of ether oxygens (including phenoxy) is 3. The van der Waals surface area contributed by atoms with Crippen LogP contribution in [-0.4, -0.2) is 54.8 Å². The highest BCUT2D eigenvalue weighted by atomic mass is 32.2. The molecule has 1 heterocycles. The Balaban J connectivity index is 2.40. The molecule has 0 saturated carbocycles. The van der Waals surface area contributed by atoms with Gasteiger partial charge in [0.2, 0.25) is 0 Å². The summed E-state index contributed by atoms with van der Waals surface area (Å²) >= 11 is 1.60. The van der Waals surface area contributed by atoms with Gasteiger partial charge in [0.1, 0.15) is 23.1 Å². The van der Waals surface area contributed by atoms with Gasteiger partial charge in [-0.15, -0.1) is 11.8 Å². The van der Waals surface area contributed by atoms with Crippen molar-refractivity contribution < 1.29 is 23.8 Å². The zero-order valence-electron chi connectivity index (χ0n) is 16.9. The molecular formula is C20H29NO5S. The van der Waals surface area contributed by atoms with E-state index >= 15 is 0 Å². The molecule has 1 fully saturated rings. The van der Waals surface area contributed by atoms with Crippen molar-refractivity contribution in [3.05, 3.63) is 23.8 Å². The Hall–Kier alpha value is -1.89. The topological polar surface area (TPSA) is 65.1 Å². The zero-order chi connectivity index (χ0) is 20.1. The number of carbonyl (C=O) groups excluding carboxylic acids is 2. The van der Waals surface area contributed by atoms with E-state index in [4.69, 9.17) is 14.2 Å². The van der Waals surface area contributed by atoms with E-state index in [1.165, 1.54) is 14.2 Å². The van der Waals surface area contributed by atoms with E-state index in [9.17, 15) is 9.59 Å². The smallest absolute Gasteiger partial charge is 0.329 e. The normalized spacial score (nSPS) is 19.5. The molecule has 27 heavy (non-hydrogen) atoms. The molecule has 1 aromatic carbocycles. The Bertz CT molecular complexity index is 654. The molecule has 1 amide bonds. The van der Waals surface area contributed by atoms with Gasteiger partial charge in [-0.1, -0.05) is 33.8 Å². The first-order chi connectivity index (χ1) is 12.8. The number of esters is 1. The van der Waals surface area contributed by atoms with Gasteiger partial charge < -0.3 is 19.1 Å². The van der Waals surface area contributed by atoms with E-state index in [1.54, 1.807) is 34.9 Å². The zero-order valence-corrected chi connectivity index (χ0v) is 17.7. The lowest BCUT2D eigenvalue weighted by atomic mass is 10.1. The van der Waals surface area contributed by atoms with Crippen LogP contribution in [0.15, 0.2) is 18.2 Å². The number of hydrogen-bond donors (Lipinski definition) is 0. The largest absolute Gasteiger partial charge is 0.496 e. The van der Waals surface area contributed by atoms with E-state index in [2.05, 4.69) is 0 Å². The van der Waals surface area contributed by atoms with E-state index in [-0.39, 0.29) is 29.1 Å². The van der Waals surface area contributed by atoms with Crippen molar-refractivity contribution in [1.82, 2.24) is 4.90 Å². The van der Waals surface area contributed by atoms with Crippen molar-refractivity contribution in [1.29, 1.82) is 0 Å². The maximum Gasteiger partial charge on any atom is 0.329 e. The maximum atomic E-state index is 13.5. The third kappa shape index (κ3) is 4.69. The number of nitrogens with zero attached hydrogens (tertiary/aromatic N) is 1.